The Bertz CT molecular complexity index is 753. The van der Waals surface area contributed by atoms with Crippen molar-refractivity contribution >= 4 is 23.7 Å². The summed E-state index contributed by atoms with van der Waals surface area (Å²) < 4.78 is 0. The minimum atomic E-state index is -1.45. The number of nitrogens with one attached hydrogen (secondary N) is 4. The van der Waals surface area contributed by atoms with E-state index in [1.165, 1.54) is 26.4 Å². The van der Waals surface area contributed by atoms with Crippen LogP contribution in [-0.4, -0.2) is 80.7 Å². The zero-order valence-electron chi connectivity index (χ0n) is 18.2. The number of carboxylic acids is 1. The number of nitrogens with zero attached hydrogens (tertiary/aromatic N) is 1. The number of amides is 3. The Kier molecular flexibility index (Phi) is 11.3. The van der Waals surface area contributed by atoms with Crippen LogP contribution in [0.15, 0.2) is 12.5 Å². The molecular weight excluding hydrogens is 422 g/mol. The van der Waals surface area contributed by atoms with Gasteiger partial charge in [0.25, 0.3) is 0 Å². The Morgan fingerprint density at radius 1 is 1.06 bits per heavy atom. The highest BCUT2D eigenvalue weighted by Gasteiger charge is 2.32. The highest BCUT2D eigenvalue weighted by atomic mass is 16.4. The fraction of sp³-hybridized carbons (Fsp3) is 0.632. The molecular formula is C19H33N7O6. The minimum Gasteiger partial charge on any atom is -0.480 e. The number of aliphatic carboxylic acids is 1. The quantitative estimate of drug-likeness (QED) is 0.137. The smallest absolute Gasteiger partial charge is 0.326 e. The van der Waals surface area contributed by atoms with Gasteiger partial charge < -0.3 is 42.6 Å². The standard InChI is InChI=1S/C19H33N7O6/c1-10(21)16(28)25-14(7-12-8-22-9-23-12)17(29)26-15(11(2)27)18(30)24-13(19(31)32)5-3-4-6-20/h8-11,13-15,27H,3-7,20-21H2,1-2H3,(H,22,23)(H,24,30)(H,25,28)(H,26,29)(H,31,32). The highest BCUT2D eigenvalue weighted by Crippen LogP contribution is 2.05. The molecule has 0 aromatic carbocycles. The van der Waals surface area contributed by atoms with Crippen molar-refractivity contribution in [2.45, 2.75) is 69.8 Å². The van der Waals surface area contributed by atoms with E-state index in [2.05, 4.69) is 25.9 Å². The molecule has 0 radical (unpaired) electrons. The third kappa shape index (κ3) is 8.99. The second-order valence-electron chi connectivity index (χ2n) is 7.54. The van der Waals surface area contributed by atoms with E-state index in [-0.39, 0.29) is 12.8 Å². The summed E-state index contributed by atoms with van der Waals surface area (Å²) in [4.78, 5) is 55.7. The number of carbonyl (C=O) groups excluding carboxylic acids is 3. The van der Waals surface area contributed by atoms with Gasteiger partial charge in [-0.2, -0.15) is 0 Å². The third-order valence-electron chi connectivity index (χ3n) is 4.65. The summed E-state index contributed by atoms with van der Waals surface area (Å²) in [7, 11) is 0. The average Bonchev–Trinajstić information content (AvgIpc) is 3.23. The van der Waals surface area contributed by atoms with Gasteiger partial charge in [-0.3, -0.25) is 14.4 Å². The van der Waals surface area contributed by atoms with Crippen molar-refractivity contribution in [3.05, 3.63) is 18.2 Å². The monoisotopic (exact) mass is 455 g/mol. The number of aromatic amines is 1. The number of carbonyl (C=O) groups is 4. The van der Waals surface area contributed by atoms with Crippen LogP contribution >= 0.6 is 0 Å². The summed E-state index contributed by atoms with van der Waals surface area (Å²) >= 11 is 0. The molecule has 3 amide bonds. The number of unbranched alkanes of at least 4 members (excludes halogenated alkanes) is 1. The van der Waals surface area contributed by atoms with Gasteiger partial charge >= 0.3 is 5.97 Å². The van der Waals surface area contributed by atoms with Gasteiger partial charge in [-0.05, 0) is 39.7 Å². The molecule has 0 aliphatic carbocycles. The van der Waals surface area contributed by atoms with Gasteiger partial charge in [0.05, 0.1) is 18.5 Å². The molecule has 1 aromatic heterocycles. The van der Waals surface area contributed by atoms with Crippen LogP contribution in [0.2, 0.25) is 0 Å². The van der Waals surface area contributed by atoms with Crippen molar-refractivity contribution in [3.8, 4) is 0 Å². The fourth-order valence-electron chi connectivity index (χ4n) is 2.80. The van der Waals surface area contributed by atoms with Crippen LogP contribution in [0.4, 0.5) is 0 Å². The highest BCUT2D eigenvalue weighted by molar-refractivity contribution is 5.94. The number of hydrogen-bond donors (Lipinski definition) is 8. The molecule has 0 bridgehead atoms. The van der Waals surface area contributed by atoms with Crippen LogP contribution in [0.25, 0.3) is 0 Å². The lowest BCUT2D eigenvalue weighted by Gasteiger charge is -2.26. The molecule has 1 heterocycles. The van der Waals surface area contributed by atoms with E-state index >= 15 is 0 Å². The molecule has 5 unspecified atom stereocenters. The third-order valence-corrected chi connectivity index (χ3v) is 4.65. The first-order valence-electron chi connectivity index (χ1n) is 10.3. The van der Waals surface area contributed by atoms with Crippen LogP contribution in [-0.2, 0) is 25.6 Å². The summed E-state index contributed by atoms with van der Waals surface area (Å²) in [5, 5.41) is 26.6. The lowest BCUT2D eigenvalue weighted by molar-refractivity contribution is -0.143. The summed E-state index contributed by atoms with van der Waals surface area (Å²) in [6.45, 7) is 3.11. The van der Waals surface area contributed by atoms with E-state index in [9.17, 15) is 29.4 Å². The van der Waals surface area contributed by atoms with Gasteiger partial charge in [0.15, 0.2) is 0 Å². The van der Waals surface area contributed by atoms with E-state index in [1.807, 2.05) is 0 Å². The maximum absolute atomic E-state index is 12.9. The number of hydrogen-bond acceptors (Lipinski definition) is 8. The maximum atomic E-state index is 12.9. The molecule has 0 aliphatic heterocycles. The van der Waals surface area contributed by atoms with Crippen LogP contribution < -0.4 is 27.4 Å². The predicted octanol–water partition coefficient (Wildman–Crippen LogP) is -2.65. The summed E-state index contributed by atoms with van der Waals surface area (Å²) in [5.41, 5.74) is 11.5. The number of rotatable bonds is 14. The molecule has 13 heteroatoms. The number of aliphatic hydroxyl groups excluding tert-OH is 1. The topological polar surface area (TPSA) is 226 Å². The van der Waals surface area contributed by atoms with E-state index in [0.29, 0.717) is 25.1 Å². The molecule has 0 spiro atoms. The van der Waals surface area contributed by atoms with Gasteiger partial charge in [-0.1, -0.05) is 0 Å². The largest absolute Gasteiger partial charge is 0.480 e. The molecule has 1 aromatic rings. The Labute approximate surface area is 185 Å². The molecule has 0 fully saturated rings. The van der Waals surface area contributed by atoms with Crippen LogP contribution in [0, 0.1) is 0 Å². The zero-order chi connectivity index (χ0) is 24.3. The van der Waals surface area contributed by atoms with Crippen molar-refractivity contribution in [1.29, 1.82) is 0 Å². The SMILES string of the molecule is CC(N)C(=O)NC(Cc1cnc[nH]1)C(=O)NC(C(=O)NC(CCCCN)C(=O)O)C(C)O. The van der Waals surface area contributed by atoms with Gasteiger partial charge in [0.1, 0.15) is 18.1 Å². The molecule has 13 nitrogen and oxygen atoms in total. The molecule has 1 rings (SSSR count). The Morgan fingerprint density at radius 2 is 1.72 bits per heavy atom. The number of carboxylic acid groups (broad SMARTS) is 1. The molecule has 0 aliphatic rings. The van der Waals surface area contributed by atoms with Gasteiger partial charge in [0, 0.05) is 18.3 Å². The number of H-pyrrole nitrogens is 1. The van der Waals surface area contributed by atoms with Gasteiger partial charge in [0.2, 0.25) is 17.7 Å². The van der Waals surface area contributed by atoms with Gasteiger partial charge in [-0.15, -0.1) is 0 Å². The van der Waals surface area contributed by atoms with Crippen LogP contribution in [0.1, 0.15) is 38.8 Å². The van der Waals surface area contributed by atoms with E-state index in [0.717, 1.165) is 0 Å². The lowest BCUT2D eigenvalue weighted by atomic mass is 10.1. The molecule has 0 saturated carbocycles. The number of aliphatic hydroxyl groups is 1. The molecule has 32 heavy (non-hydrogen) atoms. The molecule has 5 atom stereocenters. The Balaban J connectivity index is 2.92. The van der Waals surface area contributed by atoms with Crippen molar-refractivity contribution in [2.75, 3.05) is 6.54 Å². The number of nitrogens with two attached hydrogens (primary N) is 2. The number of imidazole rings is 1. The van der Waals surface area contributed by atoms with Crippen molar-refractivity contribution < 1.29 is 29.4 Å². The van der Waals surface area contributed by atoms with Crippen molar-refractivity contribution in [3.63, 3.8) is 0 Å². The first-order chi connectivity index (χ1) is 15.1. The van der Waals surface area contributed by atoms with Crippen LogP contribution in [0.5, 0.6) is 0 Å². The van der Waals surface area contributed by atoms with E-state index < -0.39 is 54.0 Å². The first-order valence-corrected chi connectivity index (χ1v) is 10.3. The first kappa shape index (κ1) is 27.0. The number of aromatic nitrogens is 2. The fourth-order valence-corrected chi connectivity index (χ4v) is 2.80. The normalized spacial score (nSPS) is 15.7. The second-order valence-corrected chi connectivity index (χ2v) is 7.54. The molecule has 10 N–H and O–H groups in total. The Hall–Kier alpha value is -3.03. The summed E-state index contributed by atoms with van der Waals surface area (Å²) in [6, 6.07) is -4.66. The van der Waals surface area contributed by atoms with Crippen molar-refractivity contribution in [2.24, 2.45) is 11.5 Å². The maximum Gasteiger partial charge on any atom is 0.326 e. The summed E-state index contributed by atoms with van der Waals surface area (Å²) in [6.07, 6.45) is 2.77. The van der Waals surface area contributed by atoms with Gasteiger partial charge in [-0.25, -0.2) is 9.78 Å². The molecule has 0 saturated heterocycles. The lowest BCUT2D eigenvalue weighted by Crippen LogP contribution is -2.60. The van der Waals surface area contributed by atoms with Crippen LogP contribution in [0.3, 0.4) is 0 Å². The Morgan fingerprint density at radius 3 is 2.22 bits per heavy atom. The minimum absolute atomic E-state index is 0.0231. The van der Waals surface area contributed by atoms with E-state index in [4.69, 9.17) is 11.5 Å². The molecule has 180 valence electrons. The second kappa shape index (κ2) is 13.4. The average molecular weight is 456 g/mol. The zero-order valence-corrected chi connectivity index (χ0v) is 18.2. The summed E-state index contributed by atoms with van der Waals surface area (Å²) in [5.74, 6) is -3.46. The van der Waals surface area contributed by atoms with Crippen molar-refractivity contribution in [1.82, 2.24) is 25.9 Å². The predicted molar refractivity (Wildman–Crippen MR) is 114 cm³/mol. The van der Waals surface area contributed by atoms with E-state index in [1.54, 1.807) is 0 Å².